The molecule has 2 aromatic carbocycles. The number of hydrogen-bond donors (Lipinski definition) is 0. The van der Waals surface area contributed by atoms with Gasteiger partial charge in [0, 0.05) is 12.1 Å². The topological polar surface area (TPSA) is 134 Å². The van der Waals surface area contributed by atoms with E-state index in [1.165, 1.54) is 35.7 Å². The van der Waals surface area contributed by atoms with Crippen molar-refractivity contribution in [3.63, 3.8) is 0 Å². The van der Waals surface area contributed by atoms with Gasteiger partial charge in [-0.05, 0) is 48.6 Å². The van der Waals surface area contributed by atoms with Crippen molar-refractivity contribution in [1.82, 2.24) is 0 Å². The zero-order valence-corrected chi connectivity index (χ0v) is 17.6. The largest absolute Gasteiger partial charge is 0.284 e. The molecule has 0 bridgehead atoms. The Morgan fingerprint density at radius 3 is 1.47 bits per heavy atom. The lowest BCUT2D eigenvalue weighted by molar-refractivity contribution is -0.387. The molecule has 0 aliphatic carbocycles. The van der Waals surface area contributed by atoms with Crippen LogP contribution in [-0.2, 0) is 0 Å². The minimum Gasteiger partial charge on any atom is -0.258 e. The summed E-state index contributed by atoms with van der Waals surface area (Å²) in [5.74, 6) is 1.47. The first-order valence-electron chi connectivity index (χ1n) is 9.09. The second-order valence-electron chi connectivity index (χ2n) is 6.21. The van der Waals surface area contributed by atoms with Crippen LogP contribution in [0, 0.1) is 42.9 Å². The molecule has 30 heavy (non-hydrogen) atoms. The van der Waals surface area contributed by atoms with Crippen LogP contribution in [0.2, 0.25) is 0 Å². The van der Waals surface area contributed by atoms with Crippen LogP contribution in [0.3, 0.4) is 0 Å². The van der Waals surface area contributed by atoms with Crippen molar-refractivity contribution in [2.24, 2.45) is 0 Å². The third-order valence-electron chi connectivity index (χ3n) is 4.12. The Morgan fingerprint density at radius 2 is 1.13 bits per heavy atom. The summed E-state index contributed by atoms with van der Waals surface area (Å²) in [7, 11) is 0. The average molecular weight is 443 g/mol. The lowest BCUT2D eigenvalue weighted by atomic mass is 10.2. The normalized spacial score (nSPS) is 10.2. The number of thioether (sulfide) groups is 2. The van der Waals surface area contributed by atoms with Gasteiger partial charge in [0.25, 0.3) is 11.4 Å². The van der Waals surface area contributed by atoms with Gasteiger partial charge in [-0.2, -0.15) is 10.5 Å². The first-order chi connectivity index (χ1) is 14.5. The lowest BCUT2D eigenvalue weighted by Crippen LogP contribution is -1.93. The van der Waals surface area contributed by atoms with E-state index >= 15 is 0 Å². The van der Waals surface area contributed by atoms with Crippen LogP contribution in [-0.4, -0.2) is 21.4 Å². The van der Waals surface area contributed by atoms with Crippen molar-refractivity contribution in [2.75, 3.05) is 11.5 Å². The molecule has 0 radical (unpaired) electrons. The van der Waals surface area contributed by atoms with E-state index in [9.17, 15) is 20.2 Å². The quantitative estimate of drug-likeness (QED) is 0.187. The molecular formula is C20H18N4O4S2. The standard InChI is InChI=1S/C20H18N4O4S2/c21-13-15-5-7-19(17(11-15)23(25)26)29-9-3-1-2-4-10-30-20-8-6-16(14-22)12-18(20)24(27)28/h5-8,11-12H,1-4,9-10H2. The molecular weight excluding hydrogens is 424 g/mol. The first kappa shape index (κ1) is 23.2. The Balaban J connectivity index is 1.71. The highest BCUT2D eigenvalue weighted by atomic mass is 32.2. The van der Waals surface area contributed by atoms with E-state index in [1.807, 2.05) is 12.1 Å². The van der Waals surface area contributed by atoms with Gasteiger partial charge in [-0.1, -0.05) is 12.8 Å². The maximum Gasteiger partial charge on any atom is 0.284 e. The van der Waals surface area contributed by atoms with Crippen molar-refractivity contribution < 1.29 is 9.85 Å². The Hall–Kier alpha value is -3.08. The number of nitrogens with zero attached hydrogens (tertiary/aromatic N) is 4. The third kappa shape index (κ3) is 6.76. The van der Waals surface area contributed by atoms with Gasteiger partial charge in [0.1, 0.15) is 0 Å². The molecule has 0 unspecified atom stereocenters. The second-order valence-corrected chi connectivity index (χ2v) is 8.49. The fourth-order valence-electron chi connectivity index (χ4n) is 2.63. The molecule has 2 aromatic rings. The molecule has 0 saturated carbocycles. The predicted octanol–water partition coefficient (Wildman–Crippen LogP) is 5.69. The number of rotatable bonds is 11. The smallest absolute Gasteiger partial charge is 0.258 e. The molecule has 0 amide bonds. The van der Waals surface area contributed by atoms with Gasteiger partial charge < -0.3 is 0 Å². The van der Waals surface area contributed by atoms with E-state index in [-0.39, 0.29) is 22.5 Å². The van der Waals surface area contributed by atoms with E-state index < -0.39 is 9.85 Å². The highest BCUT2D eigenvalue weighted by molar-refractivity contribution is 7.99. The number of unbranched alkanes of at least 4 members (excludes halogenated alkanes) is 3. The molecule has 8 nitrogen and oxygen atoms in total. The van der Waals surface area contributed by atoms with Gasteiger partial charge in [-0.15, -0.1) is 23.5 Å². The summed E-state index contributed by atoms with van der Waals surface area (Å²) in [6.45, 7) is 0. The van der Waals surface area contributed by atoms with Gasteiger partial charge in [0.2, 0.25) is 0 Å². The van der Waals surface area contributed by atoms with Crippen molar-refractivity contribution >= 4 is 34.9 Å². The fourth-order valence-corrected chi connectivity index (χ4v) is 4.65. The van der Waals surface area contributed by atoms with Crippen molar-refractivity contribution in [3.8, 4) is 12.1 Å². The Morgan fingerprint density at radius 1 is 0.733 bits per heavy atom. The van der Waals surface area contributed by atoms with Gasteiger partial charge in [0.05, 0.1) is 42.9 Å². The second kappa shape index (κ2) is 11.8. The van der Waals surface area contributed by atoms with Gasteiger partial charge in [0.15, 0.2) is 0 Å². The van der Waals surface area contributed by atoms with E-state index in [1.54, 1.807) is 24.3 Å². The molecule has 2 rings (SSSR count). The van der Waals surface area contributed by atoms with E-state index in [2.05, 4.69) is 0 Å². The van der Waals surface area contributed by atoms with Crippen molar-refractivity contribution in [1.29, 1.82) is 10.5 Å². The SMILES string of the molecule is N#Cc1ccc(SCCCCCCSc2ccc(C#N)cc2[N+](=O)[O-])c([N+](=O)[O-])c1. The summed E-state index contributed by atoms with van der Waals surface area (Å²) in [5, 5.41) is 40.0. The lowest BCUT2D eigenvalue weighted by Gasteiger charge is -2.05. The highest BCUT2D eigenvalue weighted by Gasteiger charge is 2.16. The minimum absolute atomic E-state index is 0.0422. The summed E-state index contributed by atoms with van der Waals surface area (Å²) in [6, 6.07) is 12.8. The van der Waals surface area contributed by atoms with Crippen LogP contribution >= 0.6 is 23.5 Å². The Labute approximate surface area is 182 Å². The van der Waals surface area contributed by atoms with Gasteiger partial charge in [-0.25, -0.2) is 0 Å². The molecule has 154 valence electrons. The zero-order valence-electron chi connectivity index (χ0n) is 15.9. The summed E-state index contributed by atoms with van der Waals surface area (Å²) in [6.07, 6.45) is 3.69. The van der Waals surface area contributed by atoms with E-state index in [0.29, 0.717) is 9.79 Å². The minimum atomic E-state index is -0.470. The molecule has 0 atom stereocenters. The maximum absolute atomic E-state index is 11.1. The van der Waals surface area contributed by atoms with Crippen molar-refractivity contribution in [2.45, 2.75) is 35.5 Å². The average Bonchev–Trinajstić information content (AvgIpc) is 2.75. The number of nitriles is 2. The summed E-state index contributed by atoms with van der Waals surface area (Å²) >= 11 is 2.81. The number of nitro groups is 2. The monoisotopic (exact) mass is 442 g/mol. The highest BCUT2D eigenvalue weighted by Crippen LogP contribution is 2.32. The number of hydrogen-bond acceptors (Lipinski definition) is 8. The van der Waals surface area contributed by atoms with Crippen molar-refractivity contribution in [3.05, 3.63) is 67.8 Å². The van der Waals surface area contributed by atoms with Crippen LogP contribution < -0.4 is 0 Å². The molecule has 10 heteroatoms. The molecule has 0 N–H and O–H groups in total. The third-order valence-corrected chi connectivity index (χ3v) is 6.42. The Kier molecular flexibility index (Phi) is 9.13. The predicted molar refractivity (Wildman–Crippen MR) is 116 cm³/mol. The van der Waals surface area contributed by atoms with Crippen LogP contribution in [0.15, 0.2) is 46.2 Å². The molecule has 0 spiro atoms. The summed E-state index contributed by atoms with van der Waals surface area (Å²) in [4.78, 5) is 22.5. The van der Waals surface area contributed by atoms with Gasteiger partial charge >= 0.3 is 0 Å². The summed E-state index contributed by atoms with van der Waals surface area (Å²) in [5.41, 5.74) is 0.455. The Bertz CT molecular complexity index is 933. The van der Waals surface area contributed by atoms with Crippen LogP contribution in [0.5, 0.6) is 0 Å². The molecule has 0 aliphatic rings. The van der Waals surface area contributed by atoms with Crippen LogP contribution in [0.1, 0.15) is 36.8 Å². The molecule has 0 fully saturated rings. The van der Waals surface area contributed by atoms with Crippen LogP contribution in [0.25, 0.3) is 0 Å². The van der Waals surface area contributed by atoms with Gasteiger partial charge in [-0.3, -0.25) is 20.2 Å². The molecule has 0 aromatic heterocycles. The molecule has 0 aliphatic heterocycles. The zero-order chi connectivity index (χ0) is 21.9. The summed E-state index contributed by atoms with van der Waals surface area (Å²) < 4.78 is 0. The number of nitro benzene ring substituents is 2. The number of benzene rings is 2. The fraction of sp³-hybridized carbons (Fsp3) is 0.300. The van der Waals surface area contributed by atoms with E-state index in [0.717, 1.165) is 37.2 Å². The molecule has 0 heterocycles. The molecule has 0 saturated heterocycles. The van der Waals surface area contributed by atoms with Crippen LogP contribution in [0.4, 0.5) is 11.4 Å². The van der Waals surface area contributed by atoms with E-state index in [4.69, 9.17) is 10.5 Å². The first-order valence-corrected chi connectivity index (χ1v) is 11.1. The maximum atomic E-state index is 11.1.